The van der Waals surface area contributed by atoms with Gasteiger partial charge in [0.1, 0.15) is 12.1 Å². The van der Waals surface area contributed by atoms with Gasteiger partial charge in [0.05, 0.1) is 5.69 Å². The summed E-state index contributed by atoms with van der Waals surface area (Å²) in [6, 6.07) is 0. The van der Waals surface area contributed by atoms with Gasteiger partial charge in [-0.2, -0.15) is 5.10 Å². The number of rotatable bonds is 3. The van der Waals surface area contributed by atoms with Crippen molar-refractivity contribution in [3.63, 3.8) is 0 Å². The van der Waals surface area contributed by atoms with Crippen molar-refractivity contribution in [3.05, 3.63) is 27.2 Å². The third kappa shape index (κ3) is 2.68. The van der Waals surface area contributed by atoms with Crippen molar-refractivity contribution in [2.45, 2.75) is 13.8 Å². The van der Waals surface area contributed by atoms with Gasteiger partial charge in [0.2, 0.25) is 0 Å². The zero-order chi connectivity index (χ0) is 13.2. The van der Waals surface area contributed by atoms with E-state index < -0.39 is 24.0 Å². The second kappa shape index (κ2) is 4.77. The molecule has 7 nitrogen and oxygen atoms in total. The first-order valence-corrected chi connectivity index (χ1v) is 4.89. The minimum atomic E-state index is -1.17. The van der Waals surface area contributed by atoms with Crippen LogP contribution in [-0.2, 0) is 11.8 Å². The molecule has 0 saturated heterocycles. The van der Waals surface area contributed by atoms with Crippen LogP contribution in [0.15, 0.2) is 4.79 Å². The Kier molecular flexibility index (Phi) is 3.62. The van der Waals surface area contributed by atoms with Gasteiger partial charge in [-0.05, 0) is 19.4 Å². The second-order valence-electron chi connectivity index (χ2n) is 3.59. The molecule has 0 aliphatic rings. The van der Waals surface area contributed by atoms with E-state index in [4.69, 9.17) is 5.11 Å². The Morgan fingerprint density at radius 1 is 1.41 bits per heavy atom. The Balaban J connectivity index is 3.17. The third-order valence-electron chi connectivity index (χ3n) is 2.35. The van der Waals surface area contributed by atoms with Crippen LogP contribution in [0.1, 0.15) is 21.6 Å². The van der Waals surface area contributed by atoms with Gasteiger partial charge in [-0.1, -0.05) is 0 Å². The highest BCUT2D eigenvalue weighted by Gasteiger charge is 2.18. The molecule has 1 aromatic heterocycles. The highest BCUT2D eigenvalue weighted by Crippen LogP contribution is 2.05. The van der Waals surface area contributed by atoms with Crippen LogP contribution < -0.4 is 10.9 Å². The minimum absolute atomic E-state index is 0.0683. The summed E-state index contributed by atoms with van der Waals surface area (Å²) >= 11 is 0. The van der Waals surface area contributed by atoms with Gasteiger partial charge in [-0.15, -0.1) is 0 Å². The first kappa shape index (κ1) is 12.9. The van der Waals surface area contributed by atoms with Crippen molar-refractivity contribution in [2.24, 2.45) is 7.05 Å². The Morgan fingerprint density at radius 3 is 2.53 bits per heavy atom. The number of nitrogens with zero attached hydrogens (tertiary/aromatic N) is 2. The molecule has 0 saturated carbocycles. The van der Waals surface area contributed by atoms with Crippen LogP contribution >= 0.6 is 0 Å². The standard InChI is InChI=1S/C10H13N3O4/c1-5-6(2)12-13(3)10(17)8(5)9(16)11-4-7(14)15/h4H2,1-3H3,(H,11,16)(H,14,15). The fraction of sp³-hybridized carbons (Fsp3) is 0.400. The van der Waals surface area contributed by atoms with E-state index in [-0.39, 0.29) is 5.56 Å². The van der Waals surface area contributed by atoms with Gasteiger partial charge >= 0.3 is 5.97 Å². The quantitative estimate of drug-likeness (QED) is 0.720. The lowest BCUT2D eigenvalue weighted by Crippen LogP contribution is -2.37. The molecule has 0 bridgehead atoms. The van der Waals surface area contributed by atoms with Crippen molar-refractivity contribution < 1.29 is 14.7 Å². The van der Waals surface area contributed by atoms with Crippen LogP contribution in [0.3, 0.4) is 0 Å². The van der Waals surface area contributed by atoms with Gasteiger partial charge in [0.15, 0.2) is 0 Å². The number of aliphatic carboxylic acids is 1. The molecule has 0 aliphatic carbocycles. The van der Waals surface area contributed by atoms with Crippen molar-refractivity contribution >= 4 is 11.9 Å². The van der Waals surface area contributed by atoms with E-state index in [2.05, 4.69) is 10.4 Å². The van der Waals surface area contributed by atoms with Gasteiger partial charge in [-0.3, -0.25) is 14.4 Å². The number of carboxylic acids is 1. The zero-order valence-electron chi connectivity index (χ0n) is 9.77. The maximum Gasteiger partial charge on any atom is 0.322 e. The summed E-state index contributed by atoms with van der Waals surface area (Å²) in [5, 5.41) is 14.5. The zero-order valence-corrected chi connectivity index (χ0v) is 9.77. The number of carbonyl (C=O) groups is 2. The first-order valence-electron chi connectivity index (χ1n) is 4.89. The molecule has 2 N–H and O–H groups in total. The van der Waals surface area contributed by atoms with Gasteiger partial charge in [0.25, 0.3) is 11.5 Å². The number of carboxylic acid groups (broad SMARTS) is 1. The van der Waals surface area contributed by atoms with Crippen LogP contribution in [0.2, 0.25) is 0 Å². The van der Waals surface area contributed by atoms with Gasteiger partial charge in [0, 0.05) is 7.05 Å². The van der Waals surface area contributed by atoms with Crippen molar-refractivity contribution in [1.82, 2.24) is 15.1 Å². The summed E-state index contributed by atoms with van der Waals surface area (Å²) in [5.41, 5.74) is 0.390. The molecule has 92 valence electrons. The molecular formula is C10H13N3O4. The maximum atomic E-state index is 11.7. The van der Waals surface area contributed by atoms with E-state index in [1.165, 1.54) is 7.05 Å². The highest BCUT2D eigenvalue weighted by molar-refractivity contribution is 5.96. The maximum absolute atomic E-state index is 11.7. The number of hydrogen-bond donors (Lipinski definition) is 2. The van der Waals surface area contributed by atoms with Gasteiger partial charge in [-0.25, -0.2) is 4.68 Å². The molecule has 0 aromatic carbocycles. The topological polar surface area (TPSA) is 101 Å². The molecule has 1 rings (SSSR count). The van der Waals surface area contributed by atoms with E-state index in [1.54, 1.807) is 13.8 Å². The summed E-state index contributed by atoms with van der Waals surface area (Å²) in [6.45, 7) is 2.74. The molecule has 0 spiro atoms. The Hall–Kier alpha value is -2.18. The number of hydrogen-bond acceptors (Lipinski definition) is 4. The first-order chi connectivity index (χ1) is 7.84. The molecule has 0 atom stereocenters. The largest absolute Gasteiger partial charge is 0.480 e. The Labute approximate surface area is 97.1 Å². The predicted octanol–water partition coefficient (Wildman–Crippen LogP) is -0.788. The number of carbonyl (C=O) groups excluding carboxylic acids is 1. The average molecular weight is 239 g/mol. The predicted molar refractivity (Wildman–Crippen MR) is 58.9 cm³/mol. The molecule has 0 fully saturated rings. The summed E-state index contributed by atoms with van der Waals surface area (Å²) in [5.74, 6) is -1.87. The van der Waals surface area contributed by atoms with E-state index in [1.807, 2.05) is 0 Å². The van der Waals surface area contributed by atoms with Gasteiger partial charge < -0.3 is 10.4 Å². The Bertz CT molecular complexity index is 533. The van der Waals surface area contributed by atoms with Crippen LogP contribution in [-0.4, -0.2) is 33.3 Å². The molecule has 1 amide bonds. The van der Waals surface area contributed by atoms with Crippen LogP contribution in [0, 0.1) is 13.8 Å². The average Bonchev–Trinajstić information content (AvgIpc) is 2.24. The number of aryl methyl sites for hydroxylation is 2. The molecule has 0 unspecified atom stereocenters. The number of aromatic nitrogens is 2. The highest BCUT2D eigenvalue weighted by atomic mass is 16.4. The normalized spacial score (nSPS) is 10.1. The van der Waals surface area contributed by atoms with Crippen molar-refractivity contribution in [2.75, 3.05) is 6.54 Å². The summed E-state index contributed by atoms with van der Waals surface area (Å²) in [6.07, 6.45) is 0. The summed E-state index contributed by atoms with van der Waals surface area (Å²) in [7, 11) is 1.43. The summed E-state index contributed by atoms with van der Waals surface area (Å²) in [4.78, 5) is 33.7. The Morgan fingerprint density at radius 2 is 2.00 bits per heavy atom. The van der Waals surface area contributed by atoms with E-state index in [9.17, 15) is 14.4 Å². The fourth-order valence-corrected chi connectivity index (χ4v) is 1.36. The van der Waals surface area contributed by atoms with E-state index in [0.717, 1.165) is 4.68 Å². The van der Waals surface area contributed by atoms with Crippen molar-refractivity contribution in [3.8, 4) is 0 Å². The lowest BCUT2D eigenvalue weighted by molar-refractivity contribution is -0.135. The smallest absolute Gasteiger partial charge is 0.322 e. The molecule has 1 heterocycles. The molecule has 17 heavy (non-hydrogen) atoms. The second-order valence-corrected chi connectivity index (χ2v) is 3.59. The molecule has 0 radical (unpaired) electrons. The lowest BCUT2D eigenvalue weighted by Gasteiger charge is -2.09. The van der Waals surface area contributed by atoms with E-state index in [0.29, 0.717) is 11.3 Å². The number of amides is 1. The van der Waals surface area contributed by atoms with Crippen LogP contribution in [0.25, 0.3) is 0 Å². The minimum Gasteiger partial charge on any atom is -0.480 e. The van der Waals surface area contributed by atoms with E-state index >= 15 is 0 Å². The number of nitrogens with one attached hydrogen (secondary N) is 1. The lowest BCUT2D eigenvalue weighted by atomic mass is 10.1. The molecule has 7 heteroatoms. The van der Waals surface area contributed by atoms with Crippen LogP contribution in [0.4, 0.5) is 0 Å². The molecule has 1 aromatic rings. The fourth-order valence-electron chi connectivity index (χ4n) is 1.36. The molecular weight excluding hydrogens is 226 g/mol. The third-order valence-corrected chi connectivity index (χ3v) is 2.35. The van der Waals surface area contributed by atoms with Crippen molar-refractivity contribution in [1.29, 1.82) is 0 Å². The summed E-state index contributed by atoms with van der Waals surface area (Å²) < 4.78 is 1.05. The van der Waals surface area contributed by atoms with Crippen LogP contribution in [0.5, 0.6) is 0 Å². The monoisotopic (exact) mass is 239 g/mol. The SMILES string of the molecule is Cc1nn(C)c(=O)c(C(=O)NCC(=O)O)c1C. The molecule has 0 aliphatic heterocycles.